The molecule has 1 aromatic heterocycles. The van der Waals surface area contributed by atoms with E-state index in [1.54, 1.807) is 0 Å². The zero-order valence-electron chi connectivity index (χ0n) is 21.0. The smallest absolute Gasteiger partial charge is 0.318 e. The van der Waals surface area contributed by atoms with Gasteiger partial charge in [-0.25, -0.2) is 4.39 Å². The van der Waals surface area contributed by atoms with Crippen LogP contribution in [0.2, 0.25) is 0 Å². The highest BCUT2D eigenvalue weighted by Crippen LogP contribution is 2.48. The minimum atomic E-state index is -0.805. The molecule has 2 fully saturated rings. The second-order valence-electron chi connectivity index (χ2n) is 11.0. The average Bonchev–Trinajstić information content (AvgIpc) is 3.38. The molecule has 9 heteroatoms. The Morgan fingerprint density at radius 3 is 2.97 bits per heavy atom. The molecule has 6 rings (SSSR count). The van der Waals surface area contributed by atoms with Gasteiger partial charge in [-0.2, -0.15) is 15.2 Å². The van der Waals surface area contributed by atoms with E-state index in [4.69, 9.17) is 25.2 Å². The summed E-state index contributed by atoms with van der Waals surface area (Å²) in [4.78, 5) is 13.8. The van der Waals surface area contributed by atoms with Crippen molar-refractivity contribution in [3.8, 4) is 12.1 Å². The van der Waals surface area contributed by atoms with Crippen LogP contribution in [0.5, 0.6) is 6.01 Å². The van der Waals surface area contributed by atoms with E-state index in [2.05, 4.69) is 11.0 Å². The Labute approximate surface area is 211 Å². The number of fused-ring (bicyclic) bond motifs is 4. The normalized spacial score (nSPS) is 28.9. The standard InChI is InChI=1S/C27H33FN6O2/c1-33(2)24-20-15-36-27(9-3-5-17-6-7-21(30)19(13-29)23(17)27)12-22(20)31-25(32-24)35-16-26-8-4-10-34(26)14-18(28)11-26/h6-7,18H,3-5,8-12,14-16,30H2,1-2H3/t18-,26+,27+/m1/s1. The largest absolute Gasteiger partial charge is 0.461 e. The molecule has 4 heterocycles. The van der Waals surface area contributed by atoms with E-state index >= 15 is 0 Å². The Bertz CT molecular complexity index is 1250. The third kappa shape index (κ3) is 3.61. The number of ether oxygens (including phenoxy) is 2. The van der Waals surface area contributed by atoms with E-state index in [-0.39, 0.29) is 5.54 Å². The van der Waals surface area contributed by atoms with Crippen LogP contribution in [0.15, 0.2) is 12.1 Å². The number of aryl methyl sites for hydroxylation is 1. The van der Waals surface area contributed by atoms with Gasteiger partial charge < -0.3 is 20.1 Å². The van der Waals surface area contributed by atoms with Crippen molar-refractivity contribution in [1.29, 1.82) is 5.26 Å². The molecule has 2 aromatic rings. The molecule has 1 aliphatic carbocycles. The first kappa shape index (κ1) is 23.4. The molecule has 3 atom stereocenters. The molecule has 0 unspecified atom stereocenters. The molecule has 1 spiro atoms. The third-order valence-corrected chi connectivity index (χ3v) is 8.57. The van der Waals surface area contributed by atoms with Gasteiger partial charge in [-0.15, -0.1) is 0 Å². The molecule has 2 saturated heterocycles. The number of nitrogens with two attached hydrogens (primary N) is 1. The van der Waals surface area contributed by atoms with E-state index in [9.17, 15) is 9.65 Å². The van der Waals surface area contributed by atoms with Crippen LogP contribution in [0.4, 0.5) is 15.9 Å². The summed E-state index contributed by atoms with van der Waals surface area (Å²) >= 11 is 0. The second kappa shape index (κ2) is 8.56. The predicted octanol–water partition coefficient (Wildman–Crippen LogP) is 3.26. The summed E-state index contributed by atoms with van der Waals surface area (Å²) in [6.45, 7) is 2.14. The number of aromatic nitrogens is 2. The predicted molar refractivity (Wildman–Crippen MR) is 134 cm³/mol. The molecular weight excluding hydrogens is 459 g/mol. The monoisotopic (exact) mass is 492 g/mol. The van der Waals surface area contributed by atoms with Gasteiger partial charge in [-0.3, -0.25) is 4.90 Å². The maximum atomic E-state index is 14.2. The molecule has 3 aliphatic heterocycles. The van der Waals surface area contributed by atoms with Crippen LogP contribution >= 0.6 is 0 Å². The van der Waals surface area contributed by atoms with E-state index in [0.717, 1.165) is 66.9 Å². The van der Waals surface area contributed by atoms with Gasteiger partial charge >= 0.3 is 6.01 Å². The number of alkyl halides is 1. The van der Waals surface area contributed by atoms with Crippen molar-refractivity contribution >= 4 is 11.5 Å². The van der Waals surface area contributed by atoms with Crippen molar-refractivity contribution < 1.29 is 13.9 Å². The highest BCUT2D eigenvalue weighted by atomic mass is 19.1. The fraction of sp³-hybridized carbons (Fsp3) is 0.593. The van der Waals surface area contributed by atoms with Crippen molar-refractivity contribution in [2.45, 2.75) is 68.9 Å². The first-order valence-electron chi connectivity index (χ1n) is 12.9. The van der Waals surface area contributed by atoms with Gasteiger partial charge in [0.15, 0.2) is 0 Å². The quantitative estimate of drug-likeness (QED) is 0.650. The van der Waals surface area contributed by atoms with Crippen LogP contribution < -0.4 is 15.4 Å². The molecule has 0 radical (unpaired) electrons. The summed E-state index contributed by atoms with van der Waals surface area (Å²) < 4.78 is 27.1. The fourth-order valence-corrected chi connectivity index (χ4v) is 6.92. The number of nitrogen functional groups attached to an aromatic ring is 1. The lowest BCUT2D eigenvalue weighted by Crippen LogP contribution is -2.44. The SMILES string of the molecule is CN(C)c1nc(OC[C@@]23CCCN2C[C@H](F)C3)nc2c1CO[C@@]1(CCCc3ccc(N)c(C#N)c31)C2. The van der Waals surface area contributed by atoms with E-state index in [1.165, 1.54) is 0 Å². The Hall–Kier alpha value is -2.96. The average molecular weight is 493 g/mol. The van der Waals surface area contributed by atoms with Crippen molar-refractivity contribution in [3.63, 3.8) is 0 Å². The summed E-state index contributed by atoms with van der Waals surface area (Å²) in [5, 5.41) is 9.94. The van der Waals surface area contributed by atoms with Crippen LogP contribution in [0.1, 0.15) is 60.1 Å². The van der Waals surface area contributed by atoms with Crippen LogP contribution in [0.3, 0.4) is 0 Å². The number of halogens is 1. The Morgan fingerprint density at radius 2 is 2.17 bits per heavy atom. The van der Waals surface area contributed by atoms with Crippen LogP contribution in [0.25, 0.3) is 0 Å². The highest BCUT2D eigenvalue weighted by Gasteiger charge is 2.50. The first-order valence-corrected chi connectivity index (χ1v) is 12.9. The van der Waals surface area contributed by atoms with E-state index < -0.39 is 11.8 Å². The number of hydrogen-bond acceptors (Lipinski definition) is 8. The number of nitriles is 1. The number of benzene rings is 1. The van der Waals surface area contributed by atoms with Crippen molar-refractivity contribution in [2.75, 3.05) is 44.4 Å². The highest BCUT2D eigenvalue weighted by molar-refractivity contribution is 5.63. The molecule has 0 amide bonds. The van der Waals surface area contributed by atoms with Crippen LogP contribution in [-0.4, -0.2) is 60.4 Å². The maximum Gasteiger partial charge on any atom is 0.318 e. The van der Waals surface area contributed by atoms with Gasteiger partial charge in [-0.05, 0) is 50.3 Å². The molecule has 0 bridgehead atoms. The van der Waals surface area contributed by atoms with Crippen LogP contribution in [0, 0.1) is 11.3 Å². The zero-order chi connectivity index (χ0) is 25.1. The summed E-state index contributed by atoms with van der Waals surface area (Å²) in [6.07, 6.45) is 4.89. The van der Waals surface area contributed by atoms with E-state index in [0.29, 0.717) is 49.9 Å². The van der Waals surface area contributed by atoms with Crippen molar-refractivity contribution in [1.82, 2.24) is 14.9 Å². The number of nitrogens with zero attached hydrogens (tertiary/aromatic N) is 5. The molecule has 190 valence electrons. The molecule has 4 aliphatic rings. The number of rotatable bonds is 4. The minimum Gasteiger partial charge on any atom is -0.461 e. The number of hydrogen-bond donors (Lipinski definition) is 1. The van der Waals surface area contributed by atoms with Crippen molar-refractivity contribution in [2.24, 2.45) is 0 Å². The Morgan fingerprint density at radius 1 is 1.31 bits per heavy atom. The lowest BCUT2D eigenvalue weighted by Gasteiger charge is -2.43. The Balaban J connectivity index is 1.36. The molecule has 2 N–H and O–H groups in total. The molecular formula is C27H33FN6O2. The molecule has 8 nitrogen and oxygen atoms in total. The van der Waals surface area contributed by atoms with E-state index in [1.807, 2.05) is 31.1 Å². The van der Waals surface area contributed by atoms with Gasteiger partial charge in [0, 0.05) is 50.3 Å². The fourth-order valence-electron chi connectivity index (χ4n) is 6.92. The second-order valence-corrected chi connectivity index (χ2v) is 11.0. The first-order chi connectivity index (χ1) is 17.3. The lowest BCUT2D eigenvalue weighted by molar-refractivity contribution is -0.0856. The summed E-state index contributed by atoms with van der Waals surface area (Å²) in [6, 6.07) is 6.50. The summed E-state index contributed by atoms with van der Waals surface area (Å²) in [5.41, 5.74) is 10.2. The topological polar surface area (TPSA) is 101 Å². The van der Waals surface area contributed by atoms with Gasteiger partial charge in [0.05, 0.1) is 23.4 Å². The molecule has 0 saturated carbocycles. The van der Waals surface area contributed by atoms with Gasteiger partial charge in [0.25, 0.3) is 0 Å². The van der Waals surface area contributed by atoms with Gasteiger partial charge in [0.2, 0.25) is 0 Å². The number of anilines is 2. The minimum absolute atomic E-state index is 0.261. The van der Waals surface area contributed by atoms with Gasteiger partial charge in [0.1, 0.15) is 30.3 Å². The third-order valence-electron chi connectivity index (χ3n) is 8.57. The van der Waals surface area contributed by atoms with Gasteiger partial charge in [-0.1, -0.05) is 6.07 Å². The zero-order valence-corrected chi connectivity index (χ0v) is 21.0. The lowest BCUT2D eigenvalue weighted by atomic mass is 9.72. The Kier molecular flexibility index (Phi) is 5.58. The summed E-state index contributed by atoms with van der Waals surface area (Å²) in [5.74, 6) is 0.768. The summed E-state index contributed by atoms with van der Waals surface area (Å²) in [7, 11) is 3.90. The van der Waals surface area contributed by atoms with Crippen molar-refractivity contribution in [3.05, 3.63) is 40.1 Å². The molecule has 36 heavy (non-hydrogen) atoms. The maximum absolute atomic E-state index is 14.2. The molecule has 1 aromatic carbocycles. The van der Waals surface area contributed by atoms with Crippen LogP contribution in [-0.2, 0) is 29.8 Å².